The number of hydrogen-bond acceptors (Lipinski definition) is 5. The van der Waals surface area contributed by atoms with Crippen molar-refractivity contribution in [2.24, 2.45) is 5.92 Å². The molecule has 0 unspecified atom stereocenters. The predicted molar refractivity (Wildman–Crippen MR) is 104 cm³/mol. The highest BCUT2D eigenvalue weighted by molar-refractivity contribution is 6.32. The van der Waals surface area contributed by atoms with Gasteiger partial charge in [0.05, 0.1) is 5.92 Å². The zero-order valence-corrected chi connectivity index (χ0v) is 16.5. The number of benzene rings is 1. The van der Waals surface area contributed by atoms with Gasteiger partial charge in [-0.3, -0.25) is 9.59 Å². The van der Waals surface area contributed by atoms with Gasteiger partial charge in [0.25, 0.3) is 0 Å². The summed E-state index contributed by atoms with van der Waals surface area (Å²) in [4.78, 5) is 38.5. The van der Waals surface area contributed by atoms with Crippen molar-refractivity contribution >= 4 is 34.4 Å². The lowest BCUT2D eigenvalue weighted by molar-refractivity contribution is -0.149. The summed E-state index contributed by atoms with van der Waals surface area (Å²) in [5.41, 5.74) is 1.23. The van der Waals surface area contributed by atoms with Crippen LogP contribution in [-0.2, 0) is 20.9 Å². The third-order valence-electron chi connectivity index (χ3n) is 5.74. The molecule has 0 N–H and O–H groups in total. The number of hydrogen-bond donors (Lipinski definition) is 0. The Hall–Kier alpha value is -2.34. The van der Waals surface area contributed by atoms with Gasteiger partial charge in [-0.15, -0.1) is 0 Å². The zero-order valence-electron chi connectivity index (χ0n) is 15.7. The number of aryl methyl sites for hydroxylation is 1. The minimum absolute atomic E-state index is 0.0295. The number of likely N-dealkylation sites (tertiary alicyclic amines) is 1. The van der Waals surface area contributed by atoms with Crippen LogP contribution in [0.2, 0.25) is 5.02 Å². The first kappa shape index (κ1) is 19.0. The number of fused-ring (bicyclic) bond motifs is 1. The Kier molecular flexibility index (Phi) is 5.15. The molecule has 1 aromatic carbocycles. The Morgan fingerprint density at radius 3 is 2.75 bits per heavy atom. The fourth-order valence-electron chi connectivity index (χ4n) is 4.19. The maximum Gasteiger partial charge on any atom is 0.336 e. The predicted octanol–water partition coefficient (Wildman–Crippen LogP) is 3.59. The van der Waals surface area contributed by atoms with Gasteiger partial charge < -0.3 is 14.1 Å². The molecule has 1 saturated heterocycles. The second-order valence-corrected chi connectivity index (χ2v) is 8.09. The van der Waals surface area contributed by atoms with Gasteiger partial charge in [0.1, 0.15) is 12.2 Å². The average molecular weight is 404 g/mol. The molecule has 2 heterocycles. The molecule has 148 valence electrons. The monoisotopic (exact) mass is 403 g/mol. The highest BCUT2D eigenvalue weighted by atomic mass is 35.5. The van der Waals surface area contributed by atoms with E-state index >= 15 is 0 Å². The maximum atomic E-state index is 12.5. The van der Waals surface area contributed by atoms with E-state index in [0.29, 0.717) is 28.1 Å². The van der Waals surface area contributed by atoms with Gasteiger partial charge in [-0.1, -0.05) is 24.4 Å². The second kappa shape index (κ2) is 7.59. The number of carbonyl (C=O) groups excluding carboxylic acids is 2. The quantitative estimate of drug-likeness (QED) is 0.576. The highest BCUT2D eigenvalue weighted by Gasteiger charge is 2.39. The molecule has 6 nitrogen and oxygen atoms in total. The van der Waals surface area contributed by atoms with Gasteiger partial charge in [0, 0.05) is 41.0 Å². The number of rotatable bonds is 4. The fraction of sp³-hybridized carbons (Fsp3) is 0.476. The largest absolute Gasteiger partial charge is 0.461 e. The topological polar surface area (TPSA) is 76.8 Å². The van der Waals surface area contributed by atoms with Gasteiger partial charge >= 0.3 is 11.6 Å². The van der Waals surface area contributed by atoms with Crippen LogP contribution < -0.4 is 5.63 Å². The number of nitrogens with zero attached hydrogens (tertiary/aromatic N) is 1. The minimum atomic E-state index is -0.510. The molecule has 1 saturated carbocycles. The van der Waals surface area contributed by atoms with Crippen LogP contribution in [0.1, 0.15) is 43.2 Å². The van der Waals surface area contributed by atoms with Crippen LogP contribution in [0.15, 0.2) is 27.4 Å². The van der Waals surface area contributed by atoms with E-state index in [1.807, 2.05) is 11.8 Å². The molecule has 2 aliphatic rings. The van der Waals surface area contributed by atoms with Crippen LogP contribution in [0.3, 0.4) is 0 Å². The Balaban J connectivity index is 1.47. The van der Waals surface area contributed by atoms with Crippen molar-refractivity contribution in [2.45, 2.75) is 51.7 Å². The summed E-state index contributed by atoms with van der Waals surface area (Å²) in [6, 6.07) is 4.98. The van der Waals surface area contributed by atoms with Crippen molar-refractivity contribution in [3.8, 4) is 0 Å². The highest BCUT2D eigenvalue weighted by Crippen LogP contribution is 2.30. The van der Waals surface area contributed by atoms with E-state index in [-0.39, 0.29) is 25.0 Å². The van der Waals surface area contributed by atoms with Crippen molar-refractivity contribution in [1.29, 1.82) is 0 Å². The lowest BCUT2D eigenvalue weighted by Gasteiger charge is -2.23. The normalized spacial score (nSPS) is 20.3. The Morgan fingerprint density at radius 2 is 2.00 bits per heavy atom. The van der Waals surface area contributed by atoms with E-state index in [1.165, 1.54) is 6.07 Å². The van der Waals surface area contributed by atoms with Crippen LogP contribution in [0, 0.1) is 12.8 Å². The van der Waals surface area contributed by atoms with Gasteiger partial charge in [-0.2, -0.15) is 0 Å². The van der Waals surface area contributed by atoms with Crippen LogP contribution in [-0.4, -0.2) is 29.4 Å². The molecule has 1 aliphatic carbocycles. The molecule has 4 rings (SSSR count). The van der Waals surface area contributed by atoms with Gasteiger partial charge in [-0.25, -0.2) is 4.79 Å². The number of carbonyl (C=O) groups is 2. The smallest absolute Gasteiger partial charge is 0.336 e. The number of halogens is 1. The summed E-state index contributed by atoms with van der Waals surface area (Å²) in [7, 11) is 0. The molecule has 2 aromatic rings. The molecule has 1 amide bonds. The van der Waals surface area contributed by atoms with Crippen LogP contribution >= 0.6 is 11.6 Å². The molecule has 1 aromatic heterocycles. The molecular formula is C21H22ClNO5. The van der Waals surface area contributed by atoms with E-state index in [4.69, 9.17) is 20.8 Å². The molecule has 1 aliphatic heterocycles. The van der Waals surface area contributed by atoms with E-state index in [1.54, 1.807) is 12.1 Å². The molecule has 0 radical (unpaired) electrons. The summed E-state index contributed by atoms with van der Waals surface area (Å²) in [6.45, 7) is 2.18. The Morgan fingerprint density at radius 1 is 1.25 bits per heavy atom. The lowest BCUT2D eigenvalue weighted by atomic mass is 10.1. The molecule has 0 bridgehead atoms. The maximum absolute atomic E-state index is 12.5. The minimum Gasteiger partial charge on any atom is -0.461 e. The summed E-state index contributed by atoms with van der Waals surface area (Å²) in [6.07, 6.45) is 4.49. The van der Waals surface area contributed by atoms with E-state index in [0.717, 1.165) is 31.2 Å². The van der Waals surface area contributed by atoms with Gasteiger partial charge in [0.15, 0.2) is 0 Å². The van der Waals surface area contributed by atoms with E-state index in [9.17, 15) is 14.4 Å². The summed E-state index contributed by atoms with van der Waals surface area (Å²) >= 11 is 6.19. The standard InChI is InChI=1S/C21H22ClNO5/c1-12-6-18-16(9-17(12)22)14(8-20(25)28-18)11-27-21(26)13-7-19(24)23(10-13)15-4-2-3-5-15/h6,8-9,13,15H,2-5,7,10-11H2,1H3/t13-/m0/s1. The number of amides is 1. The summed E-state index contributed by atoms with van der Waals surface area (Å²) < 4.78 is 10.7. The lowest BCUT2D eigenvalue weighted by Crippen LogP contribution is -2.35. The second-order valence-electron chi connectivity index (χ2n) is 7.68. The number of esters is 1. The third kappa shape index (κ3) is 3.65. The zero-order chi connectivity index (χ0) is 19.8. The Bertz CT molecular complexity index is 992. The van der Waals surface area contributed by atoms with Gasteiger partial charge in [0.2, 0.25) is 5.91 Å². The van der Waals surface area contributed by atoms with E-state index in [2.05, 4.69) is 0 Å². The molecule has 7 heteroatoms. The first-order chi connectivity index (χ1) is 13.4. The first-order valence-corrected chi connectivity index (χ1v) is 9.99. The SMILES string of the molecule is Cc1cc2oc(=O)cc(COC(=O)[C@H]3CC(=O)N(C4CCCC4)C3)c2cc1Cl. The molecule has 2 fully saturated rings. The first-order valence-electron chi connectivity index (χ1n) is 9.61. The molecule has 0 spiro atoms. The Labute approximate surface area is 167 Å². The third-order valence-corrected chi connectivity index (χ3v) is 6.14. The summed E-state index contributed by atoms with van der Waals surface area (Å²) in [5, 5.41) is 1.18. The van der Waals surface area contributed by atoms with Crippen molar-refractivity contribution < 1.29 is 18.7 Å². The van der Waals surface area contributed by atoms with Crippen LogP contribution in [0.25, 0.3) is 11.0 Å². The molecular weight excluding hydrogens is 382 g/mol. The van der Waals surface area contributed by atoms with E-state index < -0.39 is 17.5 Å². The number of ether oxygens (including phenoxy) is 1. The van der Waals surface area contributed by atoms with Crippen LogP contribution in [0.4, 0.5) is 0 Å². The van der Waals surface area contributed by atoms with Gasteiger partial charge in [-0.05, 0) is 37.5 Å². The summed E-state index contributed by atoms with van der Waals surface area (Å²) in [5.74, 6) is -0.833. The average Bonchev–Trinajstić information content (AvgIpc) is 3.30. The fourth-order valence-corrected chi connectivity index (χ4v) is 4.36. The van der Waals surface area contributed by atoms with Crippen molar-refractivity contribution in [2.75, 3.05) is 6.54 Å². The molecule has 1 atom stereocenters. The molecule has 28 heavy (non-hydrogen) atoms. The van der Waals surface area contributed by atoms with Crippen molar-refractivity contribution in [3.63, 3.8) is 0 Å². The van der Waals surface area contributed by atoms with Crippen LogP contribution in [0.5, 0.6) is 0 Å². The van der Waals surface area contributed by atoms with Crippen molar-refractivity contribution in [3.05, 3.63) is 44.8 Å². The van der Waals surface area contributed by atoms with Crippen molar-refractivity contribution in [1.82, 2.24) is 4.90 Å².